The van der Waals surface area contributed by atoms with Crippen molar-refractivity contribution in [3.63, 3.8) is 0 Å². The summed E-state index contributed by atoms with van der Waals surface area (Å²) in [5, 5.41) is 0. The molecular formula is C23H25NO7. The summed E-state index contributed by atoms with van der Waals surface area (Å²) < 4.78 is 32.6. The zero-order valence-electron chi connectivity index (χ0n) is 18.2. The average Bonchev–Trinajstić information content (AvgIpc) is 3.14. The lowest BCUT2D eigenvalue weighted by Gasteiger charge is -2.12. The number of esters is 1. The maximum Gasteiger partial charge on any atom is 0.363 e. The average molecular weight is 427 g/mol. The molecule has 1 aliphatic heterocycles. The summed E-state index contributed by atoms with van der Waals surface area (Å²) in [5.74, 6) is 2.20. The molecule has 0 atom stereocenters. The Morgan fingerprint density at radius 3 is 2.10 bits per heavy atom. The molecule has 0 aromatic heterocycles. The van der Waals surface area contributed by atoms with Crippen molar-refractivity contribution in [3.05, 3.63) is 47.2 Å². The summed E-state index contributed by atoms with van der Waals surface area (Å²) in [5.41, 5.74) is 1.40. The van der Waals surface area contributed by atoms with Crippen LogP contribution in [0.5, 0.6) is 28.7 Å². The Morgan fingerprint density at radius 2 is 1.52 bits per heavy atom. The topological polar surface area (TPSA) is 84.8 Å². The monoisotopic (exact) mass is 427 g/mol. The van der Waals surface area contributed by atoms with E-state index >= 15 is 0 Å². The van der Waals surface area contributed by atoms with Gasteiger partial charge in [0, 0.05) is 5.56 Å². The summed E-state index contributed by atoms with van der Waals surface area (Å²) in [7, 11) is 4.57. The van der Waals surface area contributed by atoms with Gasteiger partial charge < -0.3 is 28.4 Å². The van der Waals surface area contributed by atoms with E-state index in [1.807, 2.05) is 13.8 Å². The second kappa shape index (κ2) is 9.88. The molecule has 2 aromatic rings. The first kappa shape index (κ1) is 22.0. The van der Waals surface area contributed by atoms with Gasteiger partial charge in [-0.15, -0.1) is 0 Å². The van der Waals surface area contributed by atoms with Gasteiger partial charge in [-0.3, -0.25) is 0 Å². The van der Waals surface area contributed by atoms with Crippen LogP contribution >= 0.6 is 0 Å². The third-order valence-corrected chi connectivity index (χ3v) is 4.40. The lowest BCUT2D eigenvalue weighted by atomic mass is 10.1. The van der Waals surface area contributed by atoms with Crippen molar-refractivity contribution in [1.29, 1.82) is 0 Å². The van der Waals surface area contributed by atoms with Crippen molar-refractivity contribution in [3.8, 4) is 28.7 Å². The van der Waals surface area contributed by atoms with Gasteiger partial charge in [-0.2, -0.15) is 0 Å². The van der Waals surface area contributed by atoms with Gasteiger partial charge in [0.1, 0.15) is 0 Å². The van der Waals surface area contributed by atoms with Crippen molar-refractivity contribution in [2.24, 2.45) is 4.99 Å². The normalized spacial score (nSPS) is 14.2. The van der Waals surface area contributed by atoms with Crippen LogP contribution in [0.2, 0.25) is 0 Å². The number of cyclic esters (lactones) is 1. The number of carbonyl (C=O) groups excluding carboxylic acids is 1. The predicted octanol–water partition coefficient (Wildman–Crippen LogP) is 3.85. The second-order valence-corrected chi connectivity index (χ2v) is 6.32. The fourth-order valence-electron chi connectivity index (χ4n) is 3.06. The van der Waals surface area contributed by atoms with E-state index < -0.39 is 5.97 Å². The molecule has 0 spiro atoms. The van der Waals surface area contributed by atoms with E-state index in [-0.39, 0.29) is 11.6 Å². The maximum absolute atomic E-state index is 12.4. The standard InChI is InChI=1S/C23H25NO7/c1-6-29-17-9-8-15(13-18(17)30-7-2)22-24-16(23(25)31-22)10-14-11-19(26-3)21(28-5)20(12-14)27-4/h8-13H,6-7H2,1-5H3/b16-10+. The highest BCUT2D eigenvalue weighted by atomic mass is 16.6. The molecule has 0 N–H and O–H groups in total. The Hall–Kier alpha value is -3.68. The van der Waals surface area contributed by atoms with Gasteiger partial charge in [0.15, 0.2) is 28.7 Å². The van der Waals surface area contributed by atoms with Crippen LogP contribution in [0.3, 0.4) is 0 Å². The fraction of sp³-hybridized carbons (Fsp3) is 0.304. The van der Waals surface area contributed by atoms with E-state index in [1.54, 1.807) is 36.4 Å². The molecular weight excluding hydrogens is 402 g/mol. The Labute approximate surface area is 181 Å². The van der Waals surface area contributed by atoms with Gasteiger partial charge >= 0.3 is 5.97 Å². The minimum Gasteiger partial charge on any atom is -0.493 e. The molecule has 1 heterocycles. The number of methoxy groups -OCH3 is 3. The lowest BCUT2D eigenvalue weighted by Crippen LogP contribution is -2.06. The number of rotatable bonds is 9. The van der Waals surface area contributed by atoms with Gasteiger partial charge in [-0.05, 0) is 55.8 Å². The molecule has 0 bridgehead atoms. The van der Waals surface area contributed by atoms with Crippen LogP contribution in [0, 0.1) is 0 Å². The summed E-state index contributed by atoms with van der Waals surface area (Å²) >= 11 is 0. The van der Waals surface area contributed by atoms with E-state index in [0.29, 0.717) is 53.1 Å². The number of hydrogen-bond donors (Lipinski definition) is 0. The Morgan fingerprint density at radius 1 is 0.871 bits per heavy atom. The molecule has 3 rings (SSSR count). The first-order chi connectivity index (χ1) is 15.0. The van der Waals surface area contributed by atoms with Crippen LogP contribution in [0.1, 0.15) is 25.0 Å². The molecule has 0 saturated carbocycles. The molecule has 0 fully saturated rings. The van der Waals surface area contributed by atoms with Crippen LogP contribution in [-0.2, 0) is 9.53 Å². The van der Waals surface area contributed by atoms with Crippen LogP contribution < -0.4 is 23.7 Å². The third-order valence-electron chi connectivity index (χ3n) is 4.40. The van der Waals surface area contributed by atoms with Gasteiger partial charge in [-0.1, -0.05) is 0 Å². The van der Waals surface area contributed by atoms with Crippen molar-refractivity contribution in [2.45, 2.75) is 13.8 Å². The van der Waals surface area contributed by atoms with E-state index in [1.165, 1.54) is 21.3 Å². The molecule has 2 aromatic carbocycles. The molecule has 1 aliphatic rings. The van der Waals surface area contributed by atoms with E-state index in [0.717, 1.165) is 0 Å². The third kappa shape index (κ3) is 4.74. The SMILES string of the molecule is CCOc1ccc(C2=N/C(=C/c3cc(OC)c(OC)c(OC)c3)C(=O)O2)cc1OCC. The van der Waals surface area contributed by atoms with Crippen LogP contribution in [0.15, 0.2) is 41.0 Å². The Bertz CT molecular complexity index is 1000. The number of nitrogens with zero attached hydrogens (tertiary/aromatic N) is 1. The number of hydrogen-bond acceptors (Lipinski definition) is 8. The molecule has 164 valence electrons. The van der Waals surface area contributed by atoms with Crippen molar-refractivity contribution < 1.29 is 33.2 Å². The molecule has 8 heteroatoms. The van der Waals surface area contributed by atoms with Crippen LogP contribution in [0.25, 0.3) is 6.08 Å². The zero-order chi connectivity index (χ0) is 22.4. The highest BCUT2D eigenvalue weighted by molar-refractivity contribution is 6.13. The maximum atomic E-state index is 12.4. The molecule has 31 heavy (non-hydrogen) atoms. The number of ether oxygens (including phenoxy) is 6. The summed E-state index contributed by atoms with van der Waals surface area (Å²) in [6.45, 7) is 4.76. The second-order valence-electron chi connectivity index (χ2n) is 6.32. The smallest absolute Gasteiger partial charge is 0.363 e. The predicted molar refractivity (Wildman–Crippen MR) is 115 cm³/mol. The van der Waals surface area contributed by atoms with Crippen molar-refractivity contribution >= 4 is 17.9 Å². The molecule has 0 amide bonds. The summed E-state index contributed by atoms with van der Waals surface area (Å²) in [4.78, 5) is 16.8. The van der Waals surface area contributed by atoms with Crippen molar-refractivity contribution in [2.75, 3.05) is 34.5 Å². The Kier molecular flexibility index (Phi) is 7.02. The minimum atomic E-state index is -0.560. The number of aliphatic imine (C=N–C) groups is 1. The first-order valence-electron chi connectivity index (χ1n) is 9.77. The summed E-state index contributed by atoms with van der Waals surface area (Å²) in [6.07, 6.45) is 1.60. The molecule has 0 saturated heterocycles. The molecule has 0 radical (unpaired) electrons. The number of benzene rings is 2. The molecule has 8 nitrogen and oxygen atoms in total. The van der Waals surface area contributed by atoms with Gasteiger partial charge in [0.05, 0.1) is 34.5 Å². The minimum absolute atomic E-state index is 0.149. The van der Waals surface area contributed by atoms with Crippen LogP contribution in [0.4, 0.5) is 0 Å². The zero-order valence-corrected chi connectivity index (χ0v) is 18.2. The molecule has 0 aliphatic carbocycles. The van der Waals surface area contributed by atoms with E-state index in [9.17, 15) is 4.79 Å². The Balaban J connectivity index is 1.97. The lowest BCUT2D eigenvalue weighted by molar-refractivity contribution is -0.129. The largest absolute Gasteiger partial charge is 0.493 e. The van der Waals surface area contributed by atoms with E-state index in [4.69, 9.17) is 28.4 Å². The van der Waals surface area contributed by atoms with Crippen molar-refractivity contribution in [1.82, 2.24) is 0 Å². The van der Waals surface area contributed by atoms with Crippen LogP contribution in [-0.4, -0.2) is 46.4 Å². The summed E-state index contributed by atoms with van der Waals surface area (Å²) in [6, 6.07) is 8.71. The highest BCUT2D eigenvalue weighted by Gasteiger charge is 2.25. The number of carbonyl (C=O) groups is 1. The van der Waals surface area contributed by atoms with E-state index in [2.05, 4.69) is 4.99 Å². The van der Waals surface area contributed by atoms with Gasteiger partial charge in [0.25, 0.3) is 0 Å². The molecule has 0 unspecified atom stereocenters. The quantitative estimate of drug-likeness (QED) is 0.444. The highest BCUT2D eigenvalue weighted by Crippen LogP contribution is 2.39. The van der Waals surface area contributed by atoms with Gasteiger partial charge in [0.2, 0.25) is 11.6 Å². The van der Waals surface area contributed by atoms with Gasteiger partial charge in [-0.25, -0.2) is 9.79 Å². The fourth-order valence-corrected chi connectivity index (χ4v) is 3.06. The first-order valence-corrected chi connectivity index (χ1v) is 9.77.